The number of carbonyl (C=O) groups is 2. The minimum Gasteiger partial charge on any atom is -0.457 e. The van der Waals surface area contributed by atoms with E-state index < -0.39 is 6.04 Å². The Hall–Kier alpha value is -1.06. The molecule has 1 heterocycles. The first-order valence-corrected chi connectivity index (χ1v) is 5.61. The maximum atomic E-state index is 11.5. The zero-order valence-corrected chi connectivity index (χ0v) is 9.04. The van der Waals surface area contributed by atoms with E-state index in [2.05, 4.69) is 5.32 Å². The van der Waals surface area contributed by atoms with Gasteiger partial charge in [0.15, 0.2) is 0 Å². The van der Waals surface area contributed by atoms with Gasteiger partial charge in [0, 0.05) is 13.3 Å². The molecule has 1 N–H and O–H groups in total. The zero-order chi connectivity index (χ0) is 10.9. The molecule has 1 saturated heterocycles. The van der Waals surface area contributed by atoms with Gasteiger partial charge in [-0.25, -0.2) is 4.79 Å². The van der Waals surface area contributed by atoms with E-state index in [-0.39, 0.29) is 17.5 Å². The third-order valence-corrected chi connectivity index (χ3v) is 3.32. The molecule has 84 valence electrons. The summed E-state index contributed by atoms with van der Waals surface area (Å²) in [5.74, 6) is -0.420. The fourth-order valence-corrected chi connectivity index (χ4v) is 2.64. The molecule has 1 spiro atoms. The van der Waals surface area contributed by atoms with Crippen molar-refractivity contribution >= 4 is 11.9 Å². The Morgan fingerprint density at radius 3 is 2.67 bits per heavy atom. The van der Waals surface area contributed by atoms with Gasteiger partial charge < -0.3 is 10.1 Å². The first-order chi connectivity index (χ1) is 7.11. The number of esters is 1. The Morgan fingerprint density at radius 2 is 2.07 bits per heavy atom. The Bertz CT molecular complexity index is 282. The maximum Gasteiger partial charge on any atom is 0.329 e. The number of rotatable bonds is 1. The predicted molar refractivity (Wildman–Crippen MR) is 54.1 cm³/mol. The number of hydrogen-bond donors (Lipinski definition) is 1. The molecule has 15 heavy (non-hydrogen) atoms. The van der Waals surface area contributed by atoms with E-state index >= 15 is 0 Å². The standard InChI is InChI=1S/C11H17NO3/c1-8(13)12-9-7-11(15-10(9)14)5-3-2-4-6-11/h9H,2-7H2,1H3,(H,12,13). The van der Waals surface area contributed by atoms with Crippen molar-refractivity contribution in [3.05, 3.63) is 0 Å². The van der Waals surface area contributed by atoms with Gasteiger partial charge >= 0.3 is 5.97 Å². The number of carbonyl (C=O) groups excluding carboxylic acids is 2. The minimum absolute atomic E-state index is 0.162. The molecule has 1 atom stereocenters. The number of hydrogen-bond acceptors (Lipinski definition) is 3. The minimum atomic E-state index is -0.416. The van der Waals surface area contributed by atoms with Crippen LogP contribution in [-0.2, 0) is 14.3 Å². The Kier molecular flexibility index (Phi) is 2.67. The molecular weight excluding hydrogens is 194 g/mol. The smallest absolute Gasteiger partial charge is 0.329 e. The van der Waals surface area contributed by atoms with E-state index in [0.29, 0.717) is 6.42 Å². The van der Waals surface area contributed by atoms with E-state index in [4.69, 9.17) is 4.74 Å². The summed E-state index contributed by atoms with van der Waals surface area (Å²) in [6.45, 7) is 1.43. The van der Waals surface area contributed by atoms with Crippen molar-refractivity contribution in [1.29, 1.82) is 0 Å². The van der Waals surface area contributed by atoms with Crippen LogP contribution in [0.15, 0.2) is 0 Å². The van der Waals surface area contributed by atoms with Crippen LogP contribution in [0.1, 0.15) is 45.4 Å². The Morgan fingerprint density at radius 1 is 1.40 bits per heavy atom. The fourth-order valence-electron chi connectivity index (χ4n) is 2.64. The van der Waals surface area contributed by atoms with Gasteiger partial charge in [0.2, 0.25) is 5.91 Å². The van der Waals surface area contributed by atoms with Gasteiger partial charge in [-0.3, -0.25) is 4.79 Å². The van der Waals surface area contributed by atoms with Crippen LogP contribution in [0.25, 0.3) is 0 Å². The molecule has 4 heteroatoms. The predicted octanol–water partition coefficient (Wildman–Crippen LogP) is 1.14. The largest absolute Gasteiger partial charge is 0.457 e. The number of amides is 1. The first-order valence-electron chi connectivity index (χ1n) is 5.61. The highest BCUT2D eigenvalue weighted by molar-refractivity contribution is 5.85. The van der Waals surface area contributed by atoms with Gasteiger partial charge in [0.25, 0.3) is 0 Å². The molecule has 0 aromatic heterocycles. The lowest BCUT2D eigenvalue weighted by Crippen LogP contribution is -2.37. The highest BCUT2D eigenvalue weighted by Gasteiger charge is 2.47. The first kappa shape index (κ1) is 10.5. The molecule has 0 aromatic rings. The van der Waals surface area contributed by atoms with Crippen LogP contribution in [0.3, 0.4) is 0 Å². The van der Waals surface area contributed by atoms with E-state index in [1.807, 2.05) is 0 Å². The van der Waals surface area contributed by atoms with Gasteiger partial charge in [0.1, 0.15) is 11.6 Å². The van der Waals surface area contributed by atoms with E-state index in [1.54, 1.807) is 0 Å². The average molecular weight is 211 g/mol. The van der Waals surface area contributed by atoms with E-state index in [9.17, 15) is 9.59 Å². The SMILES string of the molecule is CC(=O)NC1CC2(CCCCC2)OC1=O. The van der Waals surface area contributed by atoms with Gasteiger partial charge in [-0.15, -0.1) is 0 Å². The molecule has 1 unspecified atom stereocenters. The maximum absolute atomic E-state index is 11.5. The summed E-state index contributed by atoms with van der Waals surface area (Å²) in [7, 11) is 0. The van der Waals surface area contributed by atoms with Crippen molar-refractivity contribution in [2.75, 3.05) is 0 Å². The zero-order valence-electron chi connectivity index (χ0n) is 9.04. The van der Waals surface area contributed by atoms with Crippen LogP contribution >= 0.6 is 0 Å². The lowest BCUT2D eigenvalue weighted by molar-refractivity contribution is -0.152. The van der Waals surface area contributed by atoms with Crippen molar-refractivity contribution in [3.8, 4) is 0 Å². The van der Waals surface area contributed by atoms with Gasteiger partial charge in [0.05, 0.1) is 0 Å². The second-order valence-electron chi connectivity index (χ2n) is 4.62. The third kappa shape index (κ3) is 2.13. The quantitative estimate of drug-likeness (QED) is 0.662. The molecule has 2 aliphatic rings. The molecule has 1 aliphatic carbocycles. The Labute approximate surface area is 89.4 Å². The topological polar surface area (TPSA) is 55.4 Å². The highest BCUT2D eigenvalue weighted by atomic mass is 16.6. The lowest BCUT2D eigenvalue weighted by atomic mass is 9.82. The molecular formula is C11H17NO3. The normalized spacial score (nSPS) is 28.9. The lowest BCUT2D eigenvalue weighted by Gasteiger charge is -2.31. The molecule has 1 aliphatic heterocycles. The van der Waals surface area contributed by atoms with Crippen LogP contribution in [0, 0.1) is 0 Å². The van der Waals surface area contributed by atoms with Gasteiger partial charge in [-0.2, -0.15) is 0 Å². The molecule has 0 bridgehead atoms. The molecule has 1 amide bonds. The van der Waals surface area contributed by atoms with Crippen molar-refractivity contribution in [2.45, 2.75) is 57.1 Å². The number of nitrogens with one attached hydrogen (secondary N) is 1. The summed E-state index contributed by atoms with van der Waals surface area (Å²) in [4.78, 5) is 22.4. The van der Waals surface area contributed by atoms with Crippen LogP contribution in [0.2, 0.25) is 0 Å². The summed E-state index contributed by atoms with van der Waals surface area (Å²) in [6, 6.07) is -0.416. The van der Waals surface area contributed by atoms with Crippen LogP contribution in [-0.4, -0.2) is 23.5 Å². The summed E-state index contributed by atoms with van der Waals surface area (Å²) in [5.41, 5.74) is -0.261. The molecule has 2 fully saturated rings. The number of ether oxygens (including phenoxy) is 1. The third-order valence-electron chi connectivity index (χ3n) is 3.32. The summed E-state index contributed by atoms with van der Waals surface area (Å²) in [5, 5.41) is 2.65. The Balaban J connectivity index is 2.01. The van der Waals surface area contributed by atoms with Gasteiger partial charge in [-0.1, -0.05) is 6.42 Å². The van der Waals surface area contributed by atoms with Crippen LogP contribution < -0.4 is 5.32 Å². The second-order valence-corrected chi connectivity index (χ2v) is 4.62. The van der Waals surface area contributed by atoms with Crippen molar-refractivity contribution in [3.63, 3.8) is 0 Å². The summed E-state index contributed by atoms with van der Waals surface area (Å²) < 4.78 is 5.45. The van der Waals surface area contributed by atoms with Crippen molar-refractivity contribution in [2.24, 2.45) is 0 Å². The summed E-state index contributed by atoms with van der Waals surface area (Å²) >= 11 is 0. The van der Waals surface area contributed by atoms with Gasteiger partial charge in [-0.05, 0) is 25.7 Å². The molecule has 0 aromatic carbocycles. The second kappa shape index (κ2) is 3.83. The van der Waals surface area contributed by atoms with E-state index in [1.165, 1.54) is 13.3 Å². The van der Waals surface area contributed by atoms with E-state index in [0.717, 1.165) is 25.7 Å². The summed E-state index contributed by atoms with van der Waals surface area (Å²) in [6.07, 6.45) is 6.04. The van der Waals surface area contributed by atoms with Crippen molar-refractivity contribution in [1.82, 2.24) is 5.32 Å². The van der Waals surface area contributed by atoms with Crippen molar-refractivity contribution < 1.29 is 14.3 Å². The molecule has 2 rings (SSSR count). The van der Waals surface area contributed by atoms with Crippen LogP contribution in [0.4, 0.5) is 0 Å². The highest BCUT2D eigenvalue weighted by Crippen LogP contribution is 2.39. The fraction of sp³-hybridized carbons (Fsp3) is 0.818. The monoisotopic (exact) mass is 211 g/mol. The molecule has 0 radical (unpaired) electrons. The van der Waals surface area contributed by atoms with Crippen LogP contribution in [0.5, 0.6) is 0 Å². The molecule has 1 saturated carbocycles. The average Bonchev–Trinajstić information content (AvgIpc) is 2.43. The molecule has 4 nitrogen and oxygen atoms in total.